The summed E-state index contributed by atoms with van der Waals surface area (Å²) < 4.78 is 5.13. The summed E-state index contributed by atoms with van der Waals surface area (Å²) in [5.74, 6) is 0.774. The molecule has 0 amide bonds. The van der Waals surface area contributed by atoms with E-state index in [4.69, 9.17) is 16.6 Å². The van der Waals surface area contributed by atoms with Crippen LogP contribution in [0.4, 0.5) is 5.69 Å². The maximum absolute atomic E-state index is 5.13. The average molecular weight is 271 g/mol. The molecule has 2 rings (SSSR count). The second-order valence-corrected chi connectivity index (χ2v) is 3.99. The van der Waals surface area contributed by atoms with Gasteiger partial charge in [0.05, 0.1) is 6.26 Å². The summed E-state index contributed by atoms with van der Waals surface area (Å²) in [6.07, 6.45) is 6.78. The first kappa shape index (κ1) is 13.0. The number of rotatable bonds is 4. The normalized spacial score (nSPS) is 10.9. The van der Waals surface area contributed by atoms with Crippen LogP contribution >= 0.6 is 12.2 Å². The van der Waals surface area contributed by atoms with E-state index in [1.54, 1.807) is 24.6 Å². The predicted octanol–water partition coefficient (Wildman–Crippen LogP) is 3.27. The van der Waals surface area contributed by atoms with Crippen molar-refractivity contribution in [3.8, 4) is 0 Å². The lowest BCUT2D eigenvalue weighted by molar-refractivity contribution is 0.557. The maximum Gasteiger partial charge on any atom is 0.191 e. The fourth-order valence-electron chi connectivity index (χ4n) is 1.34. The standard InChI is InChI=1S/C14H13N3OS/c19-14(16-12-6-2-1-3-7-12)17-15-10-4-8-13-9-5-11-18-13/h1-11H,(H2,16,17,19)/b8-4+,15-10+. The number of furan rings is 1. The molecule has 0 spiro atoms. The highest BCUT2D eigenvalue weighted by Gasteiger charge is 1.93. The van der Waals surface area contributed by atoms with Gasteiger partial charge in [-0.3, -0.25) is 5.43 Å². The molecule has 4 nitrogen and oxygen atoms in total. The Bertz CT molecular complexity index is 562. The lowest BCUT2D eigenvalue weighted by atomic mass is 10.3. The van der Waals surface area contributed by atoms with Crippen molar-refractivity contribution in [3.05, 3.63) is 60.6 Å². The second kappa shape index (κ2) is 7.13. The van der Waals surface area contributed by atoms with Gasteiger partial charge in [-0.15, -0.1) is 0 Å². The van der Waals surface area contributed by atoms with Crippen LogP contribution in [0.2, 0.25) is 0 Å². The van der Waals surface area contributed by atoms with Crippen molar-refractivity contribution in [2.24, 2.45) is 5.10 Å². The zero-order valence-corrected chi connectivity index (χ0v) is 10.9. The first-order valence-corrected chi connectivity index (χ1v) is 6.11. The Labute approximate surface area is 116 Å². The number of thiocarbonyl (C=S) groups is 1. The Morgan fingerprint density at radius 2 is 2.00 bits per heavy atom. The van der Waals surface area contributed by atoms with Crippen LogP contribution in [0.25, 0.3) is 6.08 Å². The number of benzene rings is 1. The van der Waals surface area contributed by atoms with E-state index in [0.717, 1.165) is 11.4 Å². The molecule has 0 aliphatic heterocycles. The lowest BCUT2D eigenvalue weighted by Crippen LogP contribution is -2.23. The fraction of sp³-hybridized carbons (Fsp3) is 0. The molecular weight excluding hydrogens is 258 g/mol. The topological polar surface area (TPSA) is 49.6 Å². The minimum absolute atomic E-state index is 0.439. The van der Waals surface area contributed by atoms with Gasteiger partial charge in [0.15, 0.2) is 5.11 Å². The van der Waals surface area contributed by atoms with Gasteiger partial charge in [-0.05, 0) is 48.6 Å². The van der Waals surface area contributed by atoms with Crippen molar-refractivity contribution in [2.45, 2.75) is 0 Å². The molecule has 0 radical (unpaired) electrons. The summed E-state index contributed by atoms with van der Waals surface area (Å²) >= 11 is 5.09. The zero-order chi connectivity index (χ0) is 13.3. The van der Waals surface area contributed by atoms with Crippen LogP contribution in [0.1, 0.15) is 5.76 Å². The third kappa shape index (κ3) is 4.77. The van der Waals surface area contributed by atoms with Gasteiger partial charge in [-0.1, -0.05) is 18.2 Å². The van der Waals surface area contributed by atoms with E-state index >= 15 is 0 Å². The Morgan fingerprint density at radius 3 is 2.74 bits per heavy atom. The Kier molecular flexibility index (Phi) is 4.89. The van der Waals surface area contributed by atoms with E-state index in [9.17, 15) is 0 Å². The molecule has 0 fully saturated rings. The summed E-state index contributed by atoms with van der Waals surface area (Å²) in [6.45, 7) is 0. The largest absolute Gasteiger partial charge is 0.465 e. The number of allylic oxidation sites excluding steroid dienone is 1. The molecule has 0 unspecified atom stereocenters. The summed E-state index contributed by atoms with van der Waals surface area (Å²) in [4.78, 5) is 0. The summed E-state index contributed by atoms with van der Waals surface area (Å²) in [7, 11) is 0. The molecule has 19 heavy (non-hydrogen) atoms. The van der Waals surface area contributed by atoms with E-state index in [0.29, 0.717) is 5.11 Å². The number of hydrazone groups is 1. The molecule has 96 valence electrons. The van der Waals surface area contributed by atoms with Crippen molar-refractivity contribution in [3.63, 3.8) is 0 Å². The highest BCUT2D eigenvalue weighted by atomic mass is 32.1. The Hall–Kier alpha value is -2.40. The average Bonchev–Trinajstić information content (AvgIpc) is 2.92. The van der Waals surface area contributed by atoms with Gasteiger partial charge in [0.25, 0.3) is 0 Å². The van der Waals surface area contributed by atoms with E-state index in [2.05, 4.69) is 15.8 Å². The highest BCUT2D eigenvalue weighted by molar-refractivity contribution is 7.80. The van der Waals surface area contributed by atoms with Crippen LogP contribution in [0.15, 0.2) is 64.3 Å². The molecule has 0 saturated heterocycles. The van der Waals surface area contributed by atoms with Gasteiger partial charge in [0.1, 0.15) is 5.76 Å². The van der Waals surface area contributed by atoms with Crippen molar-refractivity contribution >= 4 is 35.3 Å². The Morgan fingerprint density at radius 1 is 1.16 bits per heavy atom. The van der Waals surface area contributed by atoms with Crippen molar-refractivity contribution in [1.82, 2.24) is 5.43 Å². The third-order valence-electron chi connectivity index (χ3n) is 2.16. The summed E-state index contributed by atoms with van der Waals surface area (Å²) in [5.41, 5.74) is 3.64. The van der Waals surface area contributed by atoms with Gasteiger partial charge in [-0.2, -0.15) is 5.10 Å². The molecule has 0 aliphatic carbocycles. The molecule has 2 N–H and O–H groups in total. The van der Waals surface area contributed by atoms with Gasteiger partial charge in [0, 0.05) is 11.9 Å². The van der Waals surface area contributed by atoms with Gasteiger partial charge in [-0.25, -0.2) is 0 Å². The van der Waals surface area contributed by atoms with E-state index in [-0.39, 0.29) is 0 Å². The first-order valence-electron chi connectivity index (χ1n) is 5.70. The number of nitrogens with one attached hydrogen (secondary N) is 2. The molecule has 1 aromatic carbocycles. The molecule has 0 aliphatic rings. The summed E-state index contributed by atoms with van der Waals surface area (Å²) in [6, 6.07) is 13.3. The minimum atomic E-state index is 0.439. The van der Waals surface area contributed by atoms with Crippen molar-refractivity contribution in [1.29, 1.82) is 0 Å². The minimum Gasteiger partial charge on any atom is -0.465 e. The smallest absolute Gasteiger partial charge is 0.191 e. The van der Waals surface area contributed by atoms with Crippen LogP contribution in [0, 0.1) is 0 Å². The van der Waals surface area contributed by atoms with Gasteiger partial charge in [0.2, 0.25) is 0 Å². The quantitative estimate of drug-likeness (QED) is 0.509. The predicted molar refractivity (Wildman–Crippen MR) is 82.0 cm³/mol. The molecule has 5 heteroatoms. The van der Waals surface area contributed by atoms with Gasteiger partial charge < -0.3 is 9.73 Å². The number of para-hydroxylation sites is 1. The number of hydrogen-bond acceptors (Lipinski definition) is 3. The third-order valence-corrected chi connectivity index (χ3v) is 2.36. The number of anilines is 1. The SMILES string of the molecule is S=C(N/N=C/C=C/c1ccco1)Nc1ccccc1. The monoisotopic (exact) mass is 271 g/mol. The van der Waals surface area contributed by atoms with Crippen LogP contribution in [-0.4, -0.2) is 11.3 Å². The van der Waals surface area contributed by atoms with E-state index < -0.39 is 0 Å². The molecule has 0 atom stereocenters. The lowest BCUT2D eigenvalue weighted by Gasteiger charge is -2.05. The number of nitrogens with zero attached hydrogens (tertiary/aromatic N) is 1. The zero-order valence-electron chi connectivity index (χ0n) is 10.1. The molecule has 0 bridgehead atoms. The van der Waals surface area contributed by atoms with E-state index in [1.807, 2.05) is 42.5 Å². The van der Waals surface area contributed by atoms with Crippen molar-refractivity contribution < 1.29 is 4.42 Å². The summed E-state index contributed by atoms with van der Waals surface area (Å²) in [5, 5.41) is 7.41. The van der Waals surface area contributed by atoms with Crippen molar-refractivity contribution in [2.75, 3.05) is 5.32 Å². The maximum atomic E-state index is 5.13. The van der Waals surface area contributed by atoms with Crippen LogP contribution in [0.5, 0.6) is 0 Å². The Balaban J connectivity index is 1.74. The first-order chi connectivity index (χ1) is 9.34. The van der Waals surface area contributed by atoms with Gasteiger partial charge >= 0.3 is 0 Å². The van der Waals surface area contributed by atoms with Crippen LogP contribution in [-0.2, 0) is 0 Å². The molecule has 0 saturated carbocycles. The molecule has 1 aromatic heterocycles. The second-order valence-electron chi connectivity index (χ2n) is 3.58. The fourth-order valence-corrected chi connectivity index (χ4v) is 1.51. The number of hydrogen-bond donors (Lipinski definition) is 2. The van der Waals surface area contributed by atoms with Crippen LogP contribution in [0.3, 0.4) is 0 Å². The molecule has 2 aromatic rings. The molecule has 1 heterocycles. The molecular formula is C14H13N3OS. The van der Waals surface area contributed by atoms with Crippen LogP contribution < -0.4 is 10.7 Å². The highest BCUT2D eigenvalue weighted by Crippen LogP contribution is 2.04. The van der Waals surface area contributed by atoms with E-state index in [1.165, 1.54) is 0 Å².